The zero-order valence-electron chi connectivity index (χ0n) is 15.2. The molecule has 0 unspecified atom stereocenters. The molecule has 0 fully saturated rings. The quantitative estimate of drug-likeness (QED) is 0.468. The van der Waals surface area contributed by atoms with Crippen LogP contribution in [0.4, 0.5) is 4.79 Å². The van der Waals surface area contributed by atoms with Gasteiger partial charge in [-0.3, -0.25) is 9.59 Å². The first-order valence-electron chi connectivity index (χ1n) is 8.36. The molecule has 0 aromatic heterocycles. The number of rotatable bonds is 12. The van der Waals surface area contributed by atoms with Crippen molar-refractivity contribution in [2.75, 3.05) is 13.2 Å². The van der Waals surface area contributed by atoms with Crippen LogP contribution in [0.15, 0.2) is 0 Å². The van der Waals surface area contributed by atoms with Crippen molar-refractivity contribution in [3.05, 3.63) is 0 Å². The van der Waals surface area contributed by atoms with Gasteiger partial charge in [-0.25, -0.2) is 4.79 Å². The first kappa shape index (κ1) is 22.2. The molecular formula is C17H31NO6. The number of hydrogen-bond acceptors (Lipinski definition) is 4. The summed E-state index contributed by atoms with van der Waals surface area (Å²) in [4.78, 5) is 33.3. The summed E-state index contributed by atoms with van der Waals surface area (Å²) in [6, 6.07) is 0. The Labute approximate surface area is 143 Å². The molecule has 24 heavy (non-hydrogen) atoms. The first-order valence-corrected chi connectivity index (χ1v) is 8.36. The molecule has 0 heterocycles. The van der Waals surface area contributed by atoms with Crippen LogP contribution in [0.1, 0.15) is 66.2 Å². The number of aliphatic carboxylic acids is 2. The van der Waals surface area contributed by atoms with E-state index >= 15 is 0 Å². The van der Waals surface area contributed by atoms with Gasteiger partial charge in [-0.15, -0.1) is 0 Å². The highest BCUT2D eigenvalue weighted by atomic mass is 16.5. The van der Waals surface area contributed by atoms with Crippen LogP contribution in [0.2, 0.25) is 0 Å². The Morgan fingerprint density at radius 3 is 1.75 bits per heavy atom. The molecule has 0 aliphatic carbocycles. The second kappa shape index (κ2) is 10.2. The lowest BCUT2D eigenvalue weighted by Crippen LogP contribution is -2.27. The van der Waals surface area contributed by atoms with E-state index in [2.05, 4.69) is 5.32 Å². The fourth-order valence-electron chi connectivity index (χ4n) is 1.98. The fourth-order valence-corrected chi connectivity index (χ4v) is 1.98. The normalized spacial score (nSPS) is 11.8. The number of unbranched alkanes of at least 4 members (excludes halogenated alkanes) is 2. The smallest absolute Gasteiger partial charge is 0.407 e. The van der Waals surface area contributed by atoms with Crippen molar-refractivity contribution in [1.29, 1.82) is 0 Å². The number of nitrogens with one attached hydrogen (secondary N) is 1. The van der Waals surface area contributed by atoms with E-state index < -0.39 is 28.9 Å². The highest BCUT2D eigenvalue weighted by Gasteiger charge is 2.26. The molecule has 0 aliphatic heterocycles. The van der Waals surface area contributed by atoms with Crippen molar-refractivity contribution in [1.82, 2.24) is 5.32 Å². The Bertz CT molecular complexity index is 393. The van der Waals surface area contributed by atoms with Crippen LogP contribution >= 0.6 is 0 Å². The molecular weight excluding hydrogens is 314 g/mol. The number of carbonyl (C=O) groups is 3. The number of carbonyl (C=O) groups excluding carboxylic acids is 1. The van der Waals surface area contributed by atoms with Crippen LogP contribution < -0.4 is 5.32 Å². The predicted octanol–water partition coefficient (Wildman–Crippen LogP) is 3.27. The van der Waals surface area contributed by atoms with Crippen molar-refractivity contribution in [3.8, 4) is 0 Å². The number of ether oxygens (including phenoxy) is 1. The van der Waals surface area contributed by atoms with Gasteiger partial charge < -0.3 is 20.3 Å². The standard InChI is InChI=1S/C17H31NO6/c1-16(2,13(19)20)9-5-7-11-18-15(23)24-12-8-6-10-17(3,4)14(21)22/h5-12H2,1-4H3,(H,18,23)(H,19,20)(H,21,22). The maximum absolute atomic E-state index is 11.5. The highest BCUT2D eigenvalue weighted by molar-refractivity contribution is 5.73. The minimum atomic E-state index is -0.827. The summed E-state index contributed by atoms with van der Waals surface area (Å²) in [5.74, 6) is -1.65. The number of carboxylic acid groups (broad SMARTS) is 2. The van der Waals surface area contributed by atoms with E-state index in [0.29, 0.717) is 45.1 Å². The molecule has 0 aromatic carbocycles. The summed E-state index contributed by atoms with van der Waals surface area (Å²) in [5, 5.41) is 20.6. The van der Waals surface area contributed by atoms with Gasteiger partial charge in [0.2, 0.25) is 0 Å². The maximum Gasteiger partial charge on any atom is 0.407 e. The SMILES string of the molecule is CC(C)(CCCCNC(=O)OCCCCC(C)(C)C(=O)O)C(=O)O. The molecule has 0 spiro atoms. The van der Waals surface area contributed by atoms with Crippen molar-refractivity contribution < 1.29 is 29.3 Å². The van der Waals surface area contributed by atoms with Crippen molar-refractivity contribution in [3.63, 3.8) is 0 Å². The van der Waals surface area contributed by atoms with E-state index in [1.165, 1.54) is 0 Å². The lowest BCUT2D eigenvalue weighted by Gasteiger charge is -2.18. The molecule has 0 saturated carbocycles. The van der Waals surface area contributed by atoms with E-state index in [9.17, 15) is 14.4 Å². The lowest BCUT2D eigenvalue weighted by molar-refractivity contribution is -0.148. The summed E-state index contributed by atoms with van der Waals surface area (Å²) in [5.41, 5.74) is -1.50. The summed E-state index contributed by atoms with van der Waals surface area (Å²) in [6.07, 6.45) is 3.30. The minimum Gasteiger partial charge on any atom is -0.481 e. The topological polar surface area (TPSA) is 113 Å². The van der Waals surface area contributed by atoms with Crippen LogP contribution in [0.25, 0.3) is 0 Å². The maximum atomic E-state index is 11.5. The molecule has 1 amide bonds. The second-order valence-electron chi connectivity index (χ2n) is 7.35. The van der Waals surface area contributed by atoms with E-state index in [0.717, 1.165) is 0 Å². The predicted molar refractivity (Wildman–Crippen MR) is 89.9 cm³/mol. The average Bonchev–Trinajstić information content (AvgIpc) is 2.45. The molecule has 7 nitrogen and oxygen atoms in total. The van der Waals surface area contributed by atoms with E-state index in [1.54, 1.807) is 27.7 Å². The molecule has 0 radical (unpaired) electrons. The Morgan fingerprint density at radius 1 is 0.833 bits per heavy atom. The zero-order valence-corrected chi connectivity index (χ0v) is 15.2. The van der Waals surface area contributed by atoms with Gasteiger partial charge in [0.15, 0.2) is 0 Å². The second-order valence-corrected chi connectivity index (χ2v) is 7.35. The third kappa shape index (κ3) is 9.37. The molecule has 0 rings (SSSR count). The summed E-state index contributed by atoms with van der Waals surface area (Å²) < 4.78 is 5.01. The number of carboxylic acids is 2. The van der Waals surface area contributed by atoms with E-state index in [4.69, 9.17) is 14.9 Å². The van der Waals surface area contributed by atoms with Gasteiger partial charge in [0, 0.05) is 6.54 Å². The monoisotopic (exact) mass is 345 g/mol. The van der Waals surface area contributed by atoms with Gasteiger partial charge in [-0.05, 0) is 59.8 Å². The number of alkyl carbamates (subject to hydrolysis) is 1. The first-order chi connectivity index (χ1) is 11.0. The summed E-state index contributed by atoms with van der Waals surface area (Å²) in [6.45, 7) is 7.42. The Balaban J connectivity index is 3.65. The molecule has 7 heteroatoms. The van der Waals surface area contributed by atoms with Gasteiger partial charge in [-0.2, -0.15) is 0 Å². The van der Waals surface area contributed by atoms with Crippen LogP contribution in [-0.4, -0.2) is 41.4 Å². The summed E-state index contributed by atoms with van der Waals surface area (Å²) in [7, 11) is 0. The summed E-state index contributed by atoms with van der Waals surface area (Å²) >= 11 is 0. The van der Waals surface area contributed by atoms with Crippen LogP contribution in [-0.2, 0) is 14.3 Å². The third-order valence-electron chi connectivity index (χ3n) is 4.09. The van der Waals surface area contributed by atoms with Gasteiger partial charge >= 0.3 is 18.0 Å². The van der Waals surface area contributed by atoms with Gasteiger partial charge in [-0.1, -0.05) is 6.42 Å². The van der Waals surface area contributed by atoms with Crippen molar-refractivity contribution >= 4 is 18.0 Å². The average molecular weight is 345 g/mol. The molecule has 3 N–H and O–H groups in total. The van der Waals surface area contributed by atoms with Gasteiger partial charge in [0.05, 0.1) is 17.4 Å². The van der Waals surface area contributed by atoms with Crippen LogP contribution in [0, 0.1) is 10.8 Å². The fraction of sp³-hybridized carbons (Fsp3) is 0.824. The van der Waals surface area contributed by atoms with Crippen LogP contribution in [0.3, 0.4) is 0 Å². The van der Waals surface area contributed by atoms with Gasteiger partial charge in [0.25, 0.3) is 0 Å². The van der Waals surface area contributed by atoms with Gasteiger partial charge in [0.1, 0.15) is 0 Å². The largest absolute Gasteiger partial charge is 0.481 e. The zero-order chi connectivity index (χ0) is 18.8. The Morgan fingerprint density at radius 2 is 1.29 bits per heavy atom. The third-order valence-corrected chi connectivity index (χ3v) is 4.09. The lowest BCUT2D eigenvalue weighted by atomic mass is 9.87. The molecule has 0 aromatic rings. The van der Waals surface area contributed by atoms with E-state index in [1.807, 2.05) is 0 Å². The minimum absolute atomic E-state index is 0.258. The van der Waals surface area contributed by atoms with Crippen molar-refractivity contribution in [2.24, 2.45) is 10.8 Å². The molecule has 0 saturated heterocycles. The van der Waals surface area contributed by atoms with Crippen molar-refractivity contribution in [2.45, 2.75) is 66.2 Å². The highest BCUT2D eigenvalue weighted by Crippen LogP contribution is 2.23. The number of amides is 1. The Hall–Kier alpha value is -1.79. The van der Waals surface area contributed by atoms with E-state index in [-0.39, 0.29) is 6.61 Å². The molecule has 0 bridgehead atoms. The molecule has 140 valence electrons. The Kier molecular flexibility index (Phi) is 9.40. The number of hydrogen-bond donors (Lipinski definition) is 3. The van der Waals surface area contributed by atoms with Crippen LogP contribution in [0.5, 0.6) is 0 Å². The molecule has 0 aliphatic rings. The molecule has 0 atom stereocenters.